The largest absolute Gasteiger partial charge is 0.456 e. The molecule has 13 rings (SSSR count). The number of fused-ring (bicyclic) bond motifs is 12. The second-order valence-corrected chi connectivity index (χ2v) is 15.0. The normalized spacial score (nSPS) is 12.1. The molecule has 0 N–H and O–H groups in total. The third-order valence-corrected chi connectivity index (χ3v) is 11.9. The summed E-state index contributed by atoms with van der Waals surface area (Å²) < 4.78 is 13.3. The zero-order valence-electron chi connectivity index (χ0n) is 31.0. The molecule has 8 aromatic carbocycles. The van der Waals surface area contributed by atoms with Crippen molar-refractivity contribution in [1.29, 1.82) is 0 Å². The van der Waals surface area contributed by atoms with Crippen molar-refractivity contribution >= 4 is 87.4 Å². The lowest BCUT2D eigenvalue weighted by molar-refractivity contribution is 0.669. The molecular weight excluding hydrogens is 711 g/mol. The Morgan fingerprint density at radius 2 is 0.741 bits per heavy atom. The van der Waals surface area contributed by atoms with E-state index in [-0.39, 0.29) is 0 Å². The van der Waals surface area contributed by atoms with E-state index in [1.54, 1.807) is 0 Å². The Balaban J connectivity index is 1.07. The van der Waals surface area contributed by atoms with Crippen molar-refractivity contribution in [3.05, 3.63) is 188 Å². The smallest absolute Gasteiger partial charge is 0.237 e. The molecule has 0 fully saturated rings. The van der Waals surface area contributed by atoms with Gasteiger partial charge in [-0.3, -0.25) is 9.13 Å². The Kier molecular flexibility index (Phi) is 6.35. The van der Waals surface area contributed by atoms with Crippen molar-refractivity contribution in [3.8, 4) is 28.7 Å². The summed E-state index contributed by atoms with van der Waals surface area (Å²) in [6.45, 7) is 0. The van der Waals surface area contributed by atoms with Crippen molar-refractivity contribution in [2.75, 3.05) is 0 Å². The van der Waals surface area contributed by atoms with Gasteiger partial charge < -0.3 is 8.98 Å². The van der Waals surface area contributed by atoms with E-state index in [0.717, 1.165) is 77.5 Å². The zero-order valence-corrected chi connectivity index (χ0v) is 31.0. The van der Waals surface area contributed by atoms with Gasteiger partial charge in [0.05, 0.1) is 38.8 Å². The van der Waals surface area contributed by atoms with Gasteiger partial charge in [0.2, 0.25) is 5.95 Å². The highest BCUT2D eigenvalue weighted by atomic mass is 16.3. The fraction of sp³-hybridized carbons (Fsp3) is 0. The van der Waals surface area contributed by atoms with Gasteiger partial charge in [-0.2, -0.15) is 4.98 Å². The standard InChI is InChI=1S/C52H31N5O/c1-7-19-43-34(13-1)35-14-2-8-20-44(35)55(43)33-26-28-50-41(30-33)40-29-32(25-27-49(40)58-50)42-31-51(56-45-21-9-3-15-36(45)37-16-4-10-22-46(37)56)54-52(53-42)57-47-23-11-5-17-38(47)39-18-6-12-24-48(39)57/h1-31H. The minimum Gasteiger partial charge on any atom is -0.456 e. The first kappa shape index (κ1) is 31.3. The van der Waals surface area contributed by atoms with Crippen LogP contribution in [0.2, 0.25) is 0 Å². The summed E-state index contributed by atoms with van der Waals surface area (Å²) in [4.78, 5) is 10.8. The van der Waals surface area contributed by atoms with Gasteiger partial charge in [0.15, 0.2) is 0 Å². The van der Waals surface area contributed by atoms with Crippen LogP contribution in [0.4, 0.5) is 0 Å². The lowest BCUT2D eigenvalue weighted by Gasteiger charge is -2.13. The van der Waals surface area contributed by atoms with E-state index in [4.69, 9.17) is 14.4 Å². The maximum absolute atomic E-state index is 6.50. The second kappa shape index (κ2) is 11.8. The molecule has 0 saturated carbocycles. The highest BCUT2D eigenvalue weighted by Gasteiger charge is 2.20. The summed E-state index contributed by atoms with van der Waals surface area (Å²) in [6.07, 6.45) is 0. The molecule has 6 heteroatoms. The minimum atomic E-state index is 0.609. The molecule has 0 aliphatic rings. The van der Waals surface area contributed by atoms with E-state index in [9.17, 15) is 0 Å². The Labute approximate surface area is 331 Å². The van der Waals surface area contributed by atoms with E-state index in [1.807, 2.05) is 0 Å². The van der Waals surface area contributed by atoms with E-state index in [2.05, 4.69) is 202 Å². The summed E-state index contributed by atoms with van der Waals surface area (Å²) in [6, 6.07) is 66.5. The molecule has 5 heterocycles. The van der Waals surface area contributed by atoms with Gasteiger partial charge in [-0.25, -0.2) is 4.98 Å². The lowest BCUT2D eigenvalue weighted by atomic mass is 10.1. The van der Waals surface area contributed by atoms with Gasteiger partial charge in [-0.05, 0) is 72.8 Å². The quantitative estimate of drug-likeness (QED) is 0.180. The fourth-order valence-corrected chi connectivity index (χ4v) is 9.36. The van der Waals surface area contributed by atoms with Gasteiger partial charge in [-0.1, -0.05) is 109 Å². The van der Waals surface area contributed by atoms with Crippen LogP contribution in [0.25, 0.3) is 116 Å². The first-order valence-corrected chi connectivity index (χ1v) is 19.6. The number of rotatable bonds is 4. The van der Waals surface area contributed by atoms with Crippen LogP contribution in [0.5, 0.6) is 0 Å². The predicted octanol–water partition coefficient (Wildman–Crippen LogP) is 13.3. The molecule has 0 aliphatic carbocycles. The van der Waals surface area contributed by atoms with Gasteiger partial charge >= 0.3 is 0 Å². The molecule has 0 atom stereocenters. The van der Waals surface area contributed by atoms with Crippen molar-refractivity contribution < 1.29 is 4.42 Å². The predicted molar refractivity (Wildman–Crippen MR) is 238 cm³/mol. The highest BCUT2D eigenvalue weighted by molar-refractivity contribution is 6.12. The molecule has 5 aromatic heterocycles. The zero-order chi connectivity index (χ0) is 37.9. The average Bonchev–Trinajstić information content (AvgIpc) is 4.02. The van der Waals surface area contributed by atoms with Crippen molar-refractivity contribution in [2.24, 2.45) is 0 Å². The van der Waals surface area contributed by atoms with E-state index < -0.39 is 0 Å². The van der Waals surface area contributed by atoms with Crippen LogP contribution >= 0.6 is 0 Å². The molecule has 270 valence electrons. The molecule has 6 nitrogen and oxygen atoms in total. The summed E-state index contributed by atoms with van der Waals surface area (Å²) in [5, 5.41) is 9.25. The van der Waals surface area contributed by atoms with Gasteiger partial charge in [0.1, 0.15) is 17.0 Å². The molecule has 0 spiro atoms. The number of aromatic nitrogens is 5. The molecule has 13 aromatic rings. The van der Waals surface area contributed by atoms with Gasteiger partial charge in [-0.15, -0.1) is 0 Å². The van der Waals surface area contributed by atoms with Crippen LogP contribution in [0.15, 0.2) is 192 Å². The number of hydrogen-bond acceptors (Lipinski definition) is 3. The number of para-hydroxylation sites is 6. The SMILES string of the molecule is c1ccc2c(c1)c1ccccc1n2-c1ccc2oc3ccc(-c4cc(-n5c6ccccc6c6ccccc65)nc(-n5c6ccccc6c6ccccc65)n4)cc3c2c1. The summed E-state index contributed by atoms with van der Waals surface area (Å²) >= 11 is 0. The molecule has 0 bridgehead atoms. The van der Waals surface area contributed by atoms with E-state index in [0.29, 0.717) is 5.95 Å². The van der Waals surface area contributed by atoms with Gasteiger partial charge in [0, 0.05) is 60.4 Å². The van der Waals surface area contributed by atoms with Crippen molar-refractivity contribution in [3.63, 3.8) is 0 Å². The molecule has 0 saturated heterocycles. The molecule has 0 aliphatic heterocycles. The number of benzene rings is 8. The number of nitrogens with zero attached hydrogens (tertiary/aromatic N) is 5. The Morgan fingerprint density at radius 1 is 0.328 bits per heavy atom. The monoisotopic (exact) mass is 741 g/mol. The van der Waals surface area contributed by atoms with Crippen LogP contribution in [0.1, 0.15) is 0 Å². The van der Waals surface area contributed by atoms with Gasteiger partial charge in [0.25, 0.3) is 0 Å². The topological polar surface area (TPSA) is 53.7 Å². The molecule has 0 radical (unpaired) electrons. The maximum atomic E-state index is 6.50. The van der Waals surface area contributed by atoms with Crippen molar-refractivity contribution in [1.82, 2.24) is 23.7 Å². The average molecular weight is 742 g/mol. The number of furan rings is 1. The summed E-state index contributed by atoms with van der Waals surface area (Å²) in [5.41, 5.74) is 11.2. The van der Waals surface area contributed by atoms with Crippen LogP contribution in [0.3, 0.4) is 0 Å². The van der Waals surface area contributed by atoms with Crippen LogP contribution in [0, 0.1) is 0 Å². The number of hydrogen-bond donors (Lipinski definition) is 0. The fourth-order valence-electron chi connectivity index (χ4n) is 9.36. The lowest BCUT2D eigenvalue weighted by Crippen LogP contribution is -2.07. The molecular formula is C52H31N5O. The first-order valence-electron chi connectivity index (χ1n) is 19.6. The third-order valence-electron chi connectivity index (χ3n) is 11.9. The van der Waals surface area contributed by atoms with Crippen LogP contribution in [-0.2, 0) is 0 Å². The Bertz CT molecular complexity index is 3530. The Hall–Kier alpha value is -7.96. The van der Waals surface area contributed by atoms with E-state index in [1.165, 1.54) is 32.6 Å². The van der Waals surface area contributed by atoms with Crippen molar-refractivity contribution in [2.45, 2.75) is 0 Å². The highest BCUT2D eigenvalue weighted by Crippen LogP contribution is 2.39. The van der Waals surface area contributed by atoms with Crippen LogP contribution in [-0.4, -0.2) is 23.7 Å². The third kappa shape index (κ3) is 4.37. The summed E-state index contributed by atoms with van der Waals surface area (Å²) in [5.74, 6) is 1.41. The maximum Gasteiger partial charge on any atom is 0.237 e. The van der Waals surface area contributed by atoms with E-state index >= 15 is 0 Å². The summed E-state index contributed by atoms with van der Waals surface area (Å²) in [7, 11) is 0. The molecule has 58 heavy (non-hydrogen) atoms. The molecule has 0 amide bonds. The van der Waals surface area contributed by atoms with Crippen LogP contribution < -0.4 is 0 Å². The minimum absolute atomic E-state index is 0.609. The first-order chi connectivity index (χ1) is 28.8. The molecule has 0 unspecified atom stereocenters. The second-order valence-electron chi connectivity index (χ2n) is 15.0. The Morgan fingerprint density at radius 3 is 1.24 bits per heavy atom.